The molecule has 5 nitrogen and oxygen atoms in total. The first-order valence-corrected chi connectivity index (χ1v) is 7.97. The fraction of sp³-hybridized carbons (Fsp3) is 0.533. The summed E-state index contributed by atoms with van der Waals surface area (Å²) in [5, 5.41) is 11.7. The lowest BCUT2D eigenvalue weighted by atomic mass is 9.94. The van der Waals surface area contributed by atoms with Gasteiger partial charge in [-0.15, -0.1) is 11.8 Å². The van der Waals surface area contributed by atoms with Crippen LogP contribution in [0.15, 0.2) is 29.4 Å². The predicted octanol–water partition coefficient (Wildman–Crippen LogP) is 2.43. The van der Waals surface area contributed by atoms with Gasteiger partial charge in [0.25, 0.3) is 0 Å². The van der Waals surface area contributed by atoms with Gasteiger partial charge >= 0.3 is 5.97 Å². The molecule has 1 atom stereocenters. The van der Waals surface area contributed by atoms with E-state index in [2.05, 4.69) is 24.1 Å². The van der Waals surface area contributed by atoms with E-state index in [0.717, 1.165) is 11.3 Å². The smallest absolute Gasteiger partial charge is 0.303 e. The van der Waals surface area contributed by atoms with Crippen molar-refractivity contribution in [3.63, 3.8) is 0 Å². The van der Waals surface area contributed by atoms with Crippen molar-refractivity contribution in [2.24, 2.45) is 11.8 Å². The van der Waals surface area contributed by atoms with Crippen LogP contribution in [0.1, 0.15) is 26.7 Å². The van der Waals surface area contributed by atoms with Crippen LogP contribution in [-0.2, 0) is 9.59 Å². The topological polar surface area (TPSA) is 79.3 Å². The Labute approximate surface area is 129 Å². The second kappa shape index (κ2) is 9.39. The number of rotatable bonds is 9. The van der Waals surface area contributed by atoms with E-state index in [-0.39, 0.29) is 18.2 Å². The first-order chi connectivity index (χ1) is 9.97. The van der Waals surface area contributed by atoms with Crippen molar-refractivity contribution in [3.05, 3.63) is 24.5 Å². The molecule has 0 bridgehead atoms. The zero-order valence-corrected chi connectivity index (χ0v) is 13.2. The highest BCUT2D eigenvalue weighted by Crippen LogP contribution is 2.17. The van der Waals surface area contributed by atoms with Gasteiger partial charge in [0.15, 0.2) is 0 Å². The molecule has 0 radical (unpaired) electrons. The van der Waals surface area contributed by atoms with Gasteiger partial charge in [-0.25, -0.2) is 0 Å². The number of amides is 1. The molecule has 1 amide bonds. The molecule has 0 saturated carbocycles. The highest BCUT2D eigenvalue weighted by Gasteiger charge is 2.16. The van der Waals surface area contributed by atoms with E-state index in [0.29, 0.717) is 18.2 Å². The van der Waals surface area contributed by atoms with Gasteiger partial charge in [0.05, 0.1) is 5.75 Å². The fourth-order valence-corrected chi connectivity index (χ4v) is 2.76. The van der Waals surface area contributed by atoms with Crippen molar-refractivity contribution < 1.29 is 14.7 Å². The molecule has 1 rings (SSSR count). The number of carboxylic acid groups (broad SMARTS) is 1. The maximum absolute atomic E-state index is 11.8. The Kier molecular flexibility index (Phi) is 7.82. The summed E-state index contributed by atoms with van der Waals surface area (Å²) in [5.41, 5.74) is 0. The number of nitrogens with zero attached hydrogens (tertiary/aromatic N) is 1. The molecule has 0 saturated heterocycles. The van der Waals surface area contributed by atoms with E-state index in [1.807, 2.05) is 12.1 Å². The number of carbonyl (C=O) groups is 2. The number of hydrogen-bond donors (Lipinski definition) is 2. The van der Waals surface area contributed by atoms with Gasteiger partial charge in [-0.3, -0.25) is 14.6 Å². The zero-order valence-electron chi connectivity index (χ0n) is 12.4. The molecule has 2 N–H and O–H groups in total. The first kappa shape index (κ1) is 17.5. The van der Waals surface area contributed by atoms with Gasteiger partial charge in [0.2, 0.25) is 5.91 Å². The quantitative estimate of drug-likeness (QED) is 0.685. The van der Waals surface area contributed by atoms with Gasteiger partial charge in [0.1, 0.15) is 0 Å². The van der Waals surface area contributed by atoms with Crippen LogP contribution in [0.2, 0.25) is 0 Å². The molecule has 0 aliphatic heterocycles. The van der Waals surface area contributed by atoms with Gasteiger partial charge in [-0.05, 0) is 30.4 Å². The summed E-state index contributed by atoms with van der Waals surface area (Å²) in [6, 6.07) is 3.70. The van der Waals surface area contributed by atoms with E-state index in [1.54, 1.807) is 12.4 Å². The number of hydrogen-bond acceptors (Lipinski definition) is 4. The number of carbonyl (C=O) groups excluding carboxylic acids is 1. The summed E-state index contributed by atoms with van der Waals surface area (Å²) in [6.45, 7) is 4.52. The number of carboxylic acids is 1. The largest absolute Gasteiger partial charge is 0.481 e. The van der Waals surface area contributed by atoms with Crippen LogP contribution in [0.4, 0.5) is 0 Å². The Hall–Kier alpha value is -1.56. The summed E-state index contributed by atoms with van der Waals surface area (Å²) in [7, 11) is 0. The summed E-state index contributed by atoms with van der Waals surface area (Å²) in [5.74, 6) is -0.169. The Morgan fingerprint density at radius 1 is 1.33 bits per heavy atom. The second-order valence-corrected chi connectivity index (χ2v) is 6.42. The van der Waals surface area contributed by atoms with Crippen LogP contribution in [0, 0.1) is 11.8 Å². The van der Waals surface area contributed by atoms with Crippen molar-refractivity contribution in [2.75, 3.05) is 12.3 Å². The lowest BCUT2D eigenvalue weighted by molar-refractivity contribution is -0.138. The SMILES string of the molecule is CC(C)CC(CNC(=O)CSc1ccncc1)CC(=O)O. The third-order valence-corrected chi connectivity index (χ3v) is 3.89. The molecule has 0 aliphatic rings. The van der Waals surface area contributed by atoms with Gasteiger partial charge in [-0.1, -0.05) is 13.8 Å². The fourth-order valence-electron chi connectivity index (χ4n) is 2.04. The third-order valence-electron chi connectivity index (χ3n) is 2.88. The molecule has 0 aliphatic carbocycles. The predicted molar refractivity (Wildman–Crippen MR) is 83.2 cm³/mol. The van der Waals surface area contributed by atoms with Crippen molar-refractivity contribution in [1.82, 2.24) is 10.3 Å². The molecular formula is C15H22N2O3S. The highest BCUT2D eigenvalue weighted by molar-refractivity contribution is 8.00. The van der Waals surface area contributed by atoms with Crippen LogP contribution < -0.4 is 5.32 Å². The molecule has 116 valence electrons. The Morgan fingerprint density at radius 2 is 2.00 bits per heavy atom. The Morgan fingerprint density at radius 3 is 2.57 bits per heavy atom. The normalized spacial score (nSPS) is 12.1. The van der Waals surface area contributed by atoms with Crippen molar-refractivity contribution in [1.29, 1.82) is 0 Å². The third kappa shape index (κ3) is 8.34. The van der Waals surface area contributed by atoms with Gasteiger partial charge in [0, 0.05) is 30.3 Å². The minimum absolute atomic E-state index is 0.0163. The van der Waals surface area contributed by atoms with Crippen LogP contribution in [0.3, 0.4) is 0 Å². The summed E-state index contributed by atoms with van der Waals surface area (Å²) in [4.78, 5) is 27.5. The van der Waals surface area contributed by atoms with Gasteiger partial charge in [-0.2, -0.15) is 0 Å². The van der Waals surface area contributed by atoms with Crippen molar-refractivity contribution >= 4 is 23.6 Å². The molecule has 21 heavy (non-hydrogen) atoms. The maximum Gasteiger partial charge on any atom is 0.303 e. The van der Waals surface area contributed by atoms with E-state index < -0.39 is 5.97 Å². The maximum atomic E-state index is 11.8. The van der Waals surface area contributed by atoms with E-state index in [9.17, 15) is 9.59 Å². The van der Waals surface area contributed by atoms with Crippen LogP contribution >= 0.6 is 11.8 Å². The summed E-state index contributed by atoms with van der Waals surface area (Å²) < 4.78 is 0. The van der Waals surface area contributed by atoms with Crippen LogP contribution in [0.5, 0.6) is 0 Å². The second-order valence-electron chi connectivity index (χ2n) is 5.37. The average molecular weight is 310 g/mol. The van der Waals surface area contributed by atoms with E-state index in [1.165, 1.54) is 11.8 Å². The number of nitrogens with one attached hydrogen (secondary N) is 1. The van der Waals surface area contributed by atoms with E-state index in [4.69, 9.17) is 5.11 Å². The first-order valence-electron chi connectivity index (χ1n) is 6.98. The number of thioether (sulfide) groups is 1. The summed E-state index contributed by atoms with van der Waals surface area (Å²) >= 11 is 1.44. The Bertz CT molecular complexity index is 451. The average Bonchev–Trinajstić information content (AvgIpc) is 2.42. The monoisotopic (exact) mass is 310 g/mol. The highest BCUT2D eigenvalue weighted by atomic mass is 32.2. The molecule has 0 aromatic carbocycles. The van der Waals surface area contributed by atoms with Crippen molar-refractivity contribution in [2.45, 2.75) is 31.6 Å². The lowest BCUT2D eigenvalue weighted by Gasteiger charge is -2.17. The molecule has 0 spiro atoms. The minimum atomic E-state index is -0.818. The molecule has 0 fully saturated rings. The number of pyridine rings is 1. The molecule has 6 heteroatoms. The van der Waals surface area contributed by atoms with Crippen LogP contribution in [0.25, 0.3) is 0 Å². The molecular weight excluding hydrogens is 288 g/mol. The standard InChI is InChI=1S/C15H22N2O3S/c1-11(2)7-12(8-15(19)20)9-17-14(18)10-21-13-3-5-16-6-4-13/h3-6,11-12H,7-10H2,1-2H3,(H,17,18)(H,19,20). The molecule has 1 unspecified atom stereocenters. The molecule has 1 aromatic rings. The van der Waals surface area contributed by atoms with E-state index >= 15 is 0 Å². The number of aliphatic carboxylic acids is 1. The lowest BCUT2D eigenvalue weighted by Crippen LogP contribution is -2.32. The molecule has 1 heterocycles. The number of aromatic nitrogens is 1. The Balaban J connectivity index is 2.33. The minimum Gasteiger partial charge on any atom is -0.481 e. The van der Waals surface area contributed by atoms with Crippen molar-refractivity contribution in [3.8, 4) is 0 Å². The molecule has 1 aromatic heterocycles. The van der Waals surface area contributed by atoms with Gasteiger partial charge < -0.3 is 10.4 Å². The summed E-state index contributed by atoms with van der Waals surface area (Å²) in [6.07, 6.45) is 4.26. The zero-order chi connectivity index (χ0) is 15.7. The van der Waals surface area contributed by atoms with Crippen LogP contribution in [-0.4, -0.2) is 34.3 Å².